The molecule has 3 aromatic rings. The highest BCUT2D eigenvalue weighted by molar-refractivity contribution is 7.13. The van der Waals surface area contributed by atoms with Gasteiger partial charge < -0.3 is 9.88 Å². The molecule has 0 atom stereocenters. The Morgan fingerprint density at radius 2 is 2.12 bits per heavy atom. The highest BCUT2D eigenvalue weighted by atomic mass is 32.1. The number of thiazole rings is 1. The highest BCUT2D eigenvalue weighted by Crippen LogP contribution is 2.32. The van der Waals surface area contributed by atoms with Crippen LogP contribution in [0.2, 0.25) is 0 Å². The van der Waals surface area contributed by atoms with E-state index < -0.39 is 0 Å². The number of nitrogens with one attached hydrogen (secondary N) is 1. The smallest absolute Gasteiger partial charge is 0.137 e. The molecule has 2 aromatic heterocycles. The quantitative estimate of drug-likeness (QED) is 0.748. The van der Waals surface area contributed by atoms with E-state index in [1.54, 1.807) is 11.3 Å². The Labute approximate surface area is 104 Å². The Morgan fingerprint density at radius 3 is 2.88 bits per heavy atom. The Balaban J connectivity index is 2.23. The number of hydrogen-bond donors (Lipinski definition) is 1. The molecule has 17 heavy (non-hydrogen) atoms. The van der Waals surface area contributed by atoms with Crippen molar-refractivity contribution in [3.8, 4) is 10.6 Å². The molecule has 86 valence electrons. The molecule has 3 nitrogen and oxygen atoms in total. The molecule has 0 bridgehead atoms. The second-order valence-electron chi connectivity index (χ2n) is 3.96. The summed E-state index contributed by atoms with van der Waals surface area (Å²) < 4.78 is 2.14. The van der Waals surface area contributed by atoms with Gasteiger partial charge in [0.2, 0.25) is 0 Å². The van der Waals surface area contributed by atoms with Crippen LogP contribution in [0.4, 0.5) is 5.82 Å². The number of aryl methyl sites for hydroxylation is 1. The van der Waals surface area contributed by atoms with E-state index in [-0.39, 0.29) is 0 Å². The normalized spacial score (nSPS) is 10.9. The molecule has 0 aliphatic rings. The van der Waals surface area contributed by atoms with Crippen molar-refractivity contribution >= 4 is 28.1 Å². The van der Waals surface area contributed by atoms with Crippen LogP contribution in [0.15, 0.2) is 35.8 Å². The van der Waals surface area contributed by atoms with Crippen molar-refractivity contribution in [1.29, 1.82) is 0 Å². The van der Waals surface area contributed by atoms with E-state index in [1.807, 2.05) is 12.4 Å². The van der Waals surface area contributed by atoms with Gasteiger partial charge in [0.15, 0.2) is 0 Å². The van der Waals surface area contributed by atoms with Crippen molar-refractivity contribution in [3.05, 3.63) is 35.8 Å². The molecule has 0 amide bonds. The number of benzene rings is 1. The van der Waals surface area contributed by atoms with Gasteiger partial charge in [-0.15, -0.1) is 11.3 Å². The van der Waals surface area contributed by atoms with E-state index in [1.165, 1.54) is 16.5 Å². The van der Waals surface area contributed by atoms with Gasteiger partial charge >= 0.3 is 0 Å². The monoisotopic (exact) mass is 243 g/mol. The Bertz CT molecular complexity index is 666. The lowest BCUT2D eigenvalue weighted by atomic mass is 10.2. The third-order valence-electron chi connectivity index (χ3n) is 2.89. The molecule has 0 aliphatic heterocycles. The lowest BCUT2D eigenvalue weighted by Crippen LogP contribution is -1.86. The van der Waals surface area contributed by atoms with E-state index in [0.29, 0.717) is 0 Å². The molecule has 1 aromatic carbocycles. The Hall–Kier alpha value is -1.81. The topological polar surface area (TPSA) is 29.9 Å². The number of aromatic nitrogens is 2. The van der Waals surface area contributed by atoms with Crippen LogP contribution >= 0.6 is 11.3 Å². The Kier molecular flexibility index (Phi) is 2.37. The summed E-state index contributed by atoms with van der Waals surface area (Å²) in [7, 11) is 3.96. The maximum atomic E-state index is 4.56. The average Bonchev–Trinajstić information content (AvgIpc) is 2.95. The largest absolute Gasteiger partial charge is 0.372 e. The molecule has 0 unspecified atom stereocenters. The van der Waals surface area contributed by atoms with Crippen LogP contribution in [0.5, 0.6) is 0 Å². The standard InChI is InChI=1S/C13H13N3S/c1-14-12-8-17-13(15-12)10-7-16(2)11-6-4-3-5-9(10)11/h3-8,14H,1-2H3. The van der Waals surface area contributed by atoms with E-state index in [4.69, 9.17) is 0 Å². The molecule has 0 fully saturated rings. The molecule has 0 aliphatic carbocycles. The third-order valence-corrected chi connectivity index (χ3v) is 3.76. The average molecular weight is 243 g/mol. The molecule has 3 rings (SSSR count). The number of rotatable bonds is 2. The van der Waals surface area contributed by atoms with Crippen LogP contribution in [0.3, 0.4) is 0 Å². The maximum absolute atomic E-state index is 4.56. The van der Waals surface area contributed by atoms with Crippen molar-refractivity contribution in [2.75, 3.05) is 12.4 Å². The fourth-order valence-electron chi connectivity index (χ4n) is 2.02. The second-order valence-corrected chi connectivity index (χ2v) is 4.82. The first-order valence-electron chi connectivity index (χ1n) is 5.47. The number of anilines is 1. The summed E-state index contributed by atoms with van der Waals surface area (Å²) in [5.41, 5.74) is 2.44. The molecule has 0 saturated heterocycles. The zero-order valence-corrected chi connectivity index (χ0v) is 10.6. The zero-order chi connectivity index (χ0) is 11.8. The van der Waals surface area contributed by atoms with Crippen molar-refractivity contribution in [2.24, 2.45) is 7.05 Å². The molecular formula is C13H13N3S. The van der Waals surface area contributed by atoms with Gasteiger partial charge in [-0.1, -0.05) is 18.2 Å². The van der Waals surface area contributed by atoms with Gasteiger partial charge in [0, 0.05) is 42.1 Å². The molecule has 1 N–H and O–H groups in total. The summed E-state index contributed by atoms with van der Waals surface area (Å²) >= 11 is 1.67. The molecule has 0 saturated carbocycles. The summed E-state index contributed by atoms with van der Waals surface area (Å²) in [4.78, 5) is 4.56. The summed E-state index contributed by atoms with van der Waals surface area (Å²) in [5.74, 6) is 0.929. The van der Waals surface area contributed by atoms with Gasteiger partial charge in [0.1, 0.15) is 10.8 Å². The van der Waals surface area contributed by atoms with E-state index >= 15 is 0 Å². The third kappa shape index (κ3) is 1.61. The van der Waals surface area contributed by atoms with Crippen LogP contribution in [0.25, 0.3) is 21.5 Å². The van der Waals surface area contributed by atoms with Crippen LogP contribution in [0, 0.1) is 0 Å². The van der Waals surface area contributed by atoms with Crippen LogP contribution in [0.1, 0.15) is 0 Å². The zero-order valence-electron chi connectivity index (χ0n) is 9.77. The fourth-order valence-corrected chi connectivity index (χ4v) is 2.86. The van der Waals surface area contributed by atoms with E-state index in [0.717, 1.165) is 10.8 Å². The van der Waals surface area contributed by atoms with Gasteiger partial charge in [-0.25, -0.2) is 4.98 Å². The summed E-state index contributed by atoms with van der Waals surface area (Å²) in [6.45, 7) is 0. The second kappa shape index (κ2) is 3.89. The van der Waals surface area contributed by atoms with Crippen LogP contribution in [-0.4, -0.2) is 16.6 Å². The van der Waals surface area contributed by atoms with Gasteiger partial charge in [0.05, 0.1) is 0 Å². The lowest BCUT2D eigenvalue weighted by Gasteiger charge is -1.94. The minimum Gasteiger partial charge on any atom is -0.372 e. The van der Waals surface area contributed by atoms with Crippen molar-refractivity contribution < 1.29 is 0 Å². The van der Waals surface area contributed by atoms with Gasteiger partial charge in [-0.2, -0.15) is 0 Å². The first-order chi connectivity index (χ1) is 8.29. The number of hydrogen-bond acceptors (Lipinski definition) is 3. The molecule has 0 spiro atoms. The first-order valence-corrected chi connectivity index (χ1v) is 6.35. The lowest BCUT2D eigenvalue weighted by molar-refractivity contribution is 0.970. The number of para-hydroxylation sites is 1. The van der Waals surface area contributed by atoms with Gasteiger partial charge in [-0.3, -0.25) is 0 Å². The van der Waals surface area contributed by atoms with E-state index in [9.17, 15) is 0 Å². The summed E-state index contributed by atoms with van der Waals surface area (Å²) in [6, 6.07) is 8.40. The fraction of sp³-hybridized carbons (Fsp3) is 0.154. The minimum atomic E-state index is 0.929. The minimum absolute atomic E-state index is 0.929. The van der Waals surface area contributed by atoms with Crippen molar-refractivity contribution in [3.63, 3.8) is 0 Å². The number of fused-ring (bicyclic) bond motifs is 1. The van der Waals surface area contributed by atoms with E-state index in [2.05, 4.69) is 52.4 Å². The van der Waals surface area contributed by atoms with Gasteiger partial charge in [-0.05, 0) is 6.07 Å². The maximum Gasteiger partial charge on any atom is 0.137 e. The van der Waals surface area contributed by atoms with Crippen molar-refractivity contribution in [1.82, 2.24) is 9.55 Å². The Morgan fingerprint density at radius 1 is 1.29 bits per heavy atom. The predicted octanol–water partition coefficient (Wildman–Crippen LogP) is 3.34. The molecule has 2 heterocycles. The molecular weight excluding hydrogens is 230 g/mol. The molecule has 4 heteroatoms. The highest BCUT2D eigenvalue weighted by Gasteiger charge is 2.11. The first kappa shape index (κ1) is 10.4. The van der Waals surface area contributed by atoms with Crippen LogP contribution < -0.4 is 5.32 Å². The SMILES string of the molecule is CNc1csc(-c2cn(C)c3ccccc23)n1. The summed E-state index contributed by atoms with van der Waals surface area (Å²) in [5, 5.41) is 7.42. The van der Waals surface area contributed by atoms with Crippen molar-refractivity contribution in [2.45, 2.75) is 0 Å². The van der Waals surface area contributed by atoms with Gasteiger partial charge in [0.25, 0.3) is 0 Å². The number of nitrogens with zero attached hydrogens (tertiary/aromatic N) is 2. The summed E-state index contributed by atoms with van der Waals surface area (Å²) in [6.07, 6.45) is 2.14. The molecule has 0 radical (unpaired) electrons. The van der Waals surface area contributed by atoms with Crippen LogP contribution in [-0.2, 0) is 7.05 Å². The predicted molar refractivity (Wildman–Crippen MR) is 73.6 cm³/mol.